The zero-order valence-corrected chi connectivity index (χ0v) is 19.8. The fourth-order valence-electron chi connectivity index (χ4n) is 3.70. The van der Waals surface area contributed by atoms with Crippen molar-refractivity contribution in [3.8, 4) is 0 Å². The smallest absolute Gasteiger partial charge is 0.265 e. The summed E-state index contributed by atoms with van der Waals surface area (Å²) in [7, 11) is -3.63. The van der Waals surface area contributed by atoms with Crippen molar-refractivity contribution >= 4 is 44.5 Å². The van der Waals surface area contributed by atoms with E-state index in [4.69, 9.17) is 0 Å². The number of nitrogens with zero attached hydrogens (tertiary/aromatic N) is 1. The van der Waals surface area contributed by atoms with Crippen LogP contribution < -0.4 is 10.6 Å². The minimum Gasteiger partial charge on any atom is -0.322 e. The monoisotopic (exact) mass is 483 g/mol. The van der Waals surface area contributed by atoms with E-state index in [-0.39, 0.29) is 10.8 Å². The molecule has 0 bridgehead atoms. The van der Waals surface area contributed by atoms with Crippen molar-refractivity contribution in [3.63, 3.8) is 0 Å². The summed E-state index contributed by atoms with van der Waals surface area (Å²) in [5.41, 5.74) is 2.14. The van der Waals surface area contributed by atoms with E-state index in [0.29, 0.717) is 40.5 Å². The van der Waals surface area contributed by atoms with E-state index in [0.717, 1.165) is 19.3 Å². The van der Waals surface area contributed by atoms with E-state index in [9.17, 15) is 18.0 Å². The van der Waals surface area contributed by atoms with Gasteiger partial charge in [0, 0.05) is 30.0 Å². The summed E-state index contributed by atoms with van der Waals surface area (Å²) in [5.74, 6) is -0.581. The molecule has 3 aromatic rings. The van der Waals surface area contributed by atoms with E-state index >= 15 is 0 Å². The van der Waals surface area contributed by atoms with Crippen LogP contribution in [0.4, 0.5) is 11.4 Å². The number of thiophene rings is 1. The molecule has 0 saturated carbocycles. The second-order valence-electron chi connectivity index (χ2n) is 7.90. The second-order valence-corrected chi connectivity index (χ2v) is 10.8. The lowest BCUT2D eigenvalue weighted by atomic mass is 10.1. The van der Waals surface area contributed by atoms with Gasteiger partial charge in [-0.3, -0.25) is 9.59 Å². The molecule has 1 aliphatic rings. The third-order valence-electron chi connectivity index (χ3n) is 5.55. The van der Waals surface area contributed by atoms with E-state index in [1.54, 1.807) is 49.4 Å². The number of sulfonamides is 1. The lowest BCUT2D eigenvalue weighted by molar-refractivity contribution is 0.101. The molecule has 33 heavy (non-hydrogen) atoms. The van der Waals surface area contributed by atoms with Crippen LogP contribution in [0.25, 0.3) is 0 Å². The zero-order valence-electron chi connectivity index (χ0n) is 18.2. The maximum atomic E-state index is 13.0. The lowest BCUT2D eigenvalue weighted by Crippen LogP contribution is -2.35. The normalized spacial score (nSPS) is 14.6. The standard InChI is InChI=1S/C24H25N3O4S2/c1-17-7-12-20(33(30,31)27-13-3-2-4-14-27)16-21(17)23(28)25-18-8-10-19(11-9-18)26-24(29)22-6-5-15-32-22/h5-12,15-16H,2-4,13-14H2,1H3,(H,25,28)(H,26,29). The van der Waals surface area contributed by atoms with Crippen LogP contribution in [-0.4, -0.2) is 37.6 Å². The second kappa shape index (κ2) is 9.86. The average molecular weight is 484 g/mol. The molecule has 0 radical (unpaired) electrons. The number of benzene rings is 2. The predicted molar refractivity (Wildman–Crippen MR) is 130 cm³/mol. The SMILES string of the molecule is Cc1ccc(S(=O)(=O)N2CCCCC2)cc1C(=O)Nc1ccc(NC(=O)c2cccs2)cc1. The molecule has 0 unspecified atom stereocenters. The molecule has 1 fully saturated rings. The Labute approximate surface area is 197 Å². The highest BCUT2D eigenvalue weighted by Crippen LogP contribution is 2.24. The highest BCUT2D eigenvalue weighted by Gasteiger charge is 2.27. The van der Waals surface area contributed by atoms with Crippen LogP contribution in [0, 0.1) is 6.92 Å². The molecular formula is C24H25N3O4S2. The number of carbonyl (C=O) groups is 2. The fourth-order valence-corrected chi connectivity index (χ4v) is 5.86. The number of rotatable bonds is 6. The first-order valence-electron chi connectivity index (χ1n) is 10.7. The van der Waals surface area contributed by atoms with Crippen LogP contribution in [0.2, 0.25) is 0 Å². The molecule has 0 spiro atoms. The summed E-state index contributed by atoms with van der Waals surface area (Å²) in [4.78, 5) is 25.8. The van der Waals surface area contributed by atoms with E-state index in [1.165, 1.54) is 21.7 Å². The van der Waals surface area contributed by atoms with Crippen LogP contribution in [0.15, 0.2) is 64.9 Å². The summed E-state index contributed by atoms with van der Waals surface area (Å²) in [6.45, 7) is 2.79. The molecule has 0 atom stereocenters. The number of hydrogen-bond acceptors (Lipinski definition) is 5. The first kappa shape index (κ1) is 23.2. The summed E-state index contributed by atoms with van der Waals surface area (Å²) >= 11 is 1.36. The quantitative estimate of drug-likeness (QED) is 0.530. The average Bonchev–Trinajstić information content (AvgIpc) is 3.36. The molecule has 2 N–H and O–H groups in total. The van der Waals surface area contributed by atoms with Crippen molar-refractivity contribution in [1.82, 2.24) is 4.31 Å². The maximum absolute atomic E-state index is 13.0. The van der Waals surface area contributed by atoms with Gasteiger partial charge in [0.15, 0.2) is 0 Å². The van der Waals surface area contributed by atoms with Crippen molar-refractivity contribution < 1.29 is 18.0 Å². The maximum Gasteiger partial charge on any atom is 0.265 e. The van der Waals surface area contributed by atoms with E-state index in [2.05, 4.69) is 10.6 Å². The molecule has 0 aliphatic carbocycles. The number of hydrogen-bond donors (Lipinski definition) is 2. The topological polar surface area (TPSA) is 95.6 Å². The van der Waals surface area contributed by atoms with Crippen LogP contribution in [0.5, 0.6) is 0 Å². The van der Waals surface area contributed by atoms with Crippen molar-refractivity contribution in [1.29, 1.82) is 0 Å². The number of anilines is 2. The third-order valence-corrected chi connectivity index (χ3v) is 8.32. The van der Waals surface area contributed by atoms with Gasteiger partial charge in [0.25, 0.3) is 11.8 Å². The van der Waals surface area contributed by atoms with Gasteiger partial charge in [-0.1, -0.05) is 18.6 Å². The Kier molecular flexibility index (Phi) is 6.92. The molecule has 7 nitrogen and oxygen atoms in total. The van der Waals surface area contributed by atoms with E-state index in [1.807, 2.05) is 11.4 Å². The number of aryl methyl sites for hydroxylation is 1. The van der Waals surface area contributed by atoms with Crippen molar-refractivity contribution in [3.05, 3.63) is 76.0 Å². The fraction of sp³-hybridized carbons (Fsp3) is 0.250. The first-order chi connectivity index (χ1) is 15.8. The van der Waals surface area contributed by atoms with Gasteiger partial charge in [-0.05, 0) is 73.2 Å². The van der Waals surface area contributed by atoms with Gasteiger partial charge in [0.1, 0.15) is 0 Å². The predicted octanol–water partition coefficient (Wildman–Crippen LogP) is 4.74. The molecular weight excluding hydrogens is 458 g/mol. The molecule has 1 aliphatic heterocycles. The summed E-state index contributed by atoms with van der Waals surface area (Å²) < 4.78 is 27.5. The number of carbonyl (C=O) groups excluding carboxylic acids is 2. The molecule has 2 heterocycles. The lowest BCUT2D eigenvalue weighted by Gasteiger charge is -2.26. The minimum absolute atomic E-state index is 0.131. The Balaban J connectivity index is 1.47. The highest BCUT2D eigenvalue weighted by atomic mass is 32.2. The Hall–Kier alpha value is -3.01. The molecule has 2 aromatic carbocycles. The van der Waals surface area contributed by atoms with Crippen LogP contribution in [0.3, 0.4) is 0 Å². The van der Waals surface area contributed by atoms with Gasteiger partial charge >= 0.3 is 0 Å². The van der Waals surface area contributed by atoms with Crippen LogP contribution >= 0.6 is 11.3 Å². The number of piperidine rings is 1. The molecule has 4 rings (SSSR count). The molecule has 2 amide bonds. The summed E-state index contributed by atoms with van der Waals surface area (Å²) in [6.07, 6.45) is 2.73. The summed E-state index contributed by atoms with van der Waals surface area (Å²) in [6, 6.07) is 15.0. The molecule has 1 aromatic heterocycles. The largest absolute Gasteiger partial charge is 0.322 e. The van der Waals surface area contributed by atoms with Gasteiger partial charge in [-0.25, -0.2) is 8.42 Å². The van der Waals surface area contributed by atoms with Crippen LogP contribution in [0.1, 0.15) is 44.9 Å². The number of nitrogens with one attached hydrogen (secondary N) is 2. The molecule has 1 saturated heterocycles. The van der Waals surface area contributed by atoms with Crippen LogP contribution in [-0.2, 0) is 10.0 Å². The van der Waals surface area contributed by atoms with E-state index < -0.39 is 15.9 Å². The molecule has 9 heteroatoms. The third kappa shape index (κ3) is 5.32. The number of amides is 2. The summed E-state index contributed by atoms with van der Waals surface area (Å²) in [5, 5.41) is 7.45. The highest BCUT2D eigenvalue weighted by molar-refractivity contribution is 7.89. The van der Waals surface area contributed by atoms with Gasteiger partial charge in [-0.2, -0.15) is 4.31 Å². The zero-order chi connectivity index (χ0) is 23.4. The molecule has 172 valence electrons. The Morgan fingerprint density at radius 2 is 1.52 bits per heavy atom. The first-order valence-corrected chi connectivity index (χ1v) is 13.0. The Bertz CT molecular complexity index is 1250. The minimum atomic E-state index is -3.63. The van der Waals surface area contributed by atoms with Crippen molar-refractivity contribution in [2.75, 3.05) is 23.7 Å². The van der Waals surface area contributed by atoms with Gasteiger partial charge in [-0.15, -0.1) is 11.3 Å². The van der Waals surface area contributed by atoms with Gasteiger partial charge in [0.05, 0.1) is 9.77 Å². The van der Waals surface area contributed by atoms with Gasteiger partial charge < -0.3 is 10.6 Å². The van der Waals surface area contributed by atoms with Crippen molar-refractivity contribution in [2.45, 2.75) is 31.1 Å². The Morgan fingerprint density at radius 1 is 0.879 bits per heavy atom. The van der Waals surface area contributed by atoms with Gasteiger partial charge in [0.2, 0.25) is 10.0 Å². The van der Waals surface area contributed by atoms with Crippen molar-refractivity contribution in [2.24, 2.45) is 0 Å². The Morgan fingerprint density at radius 3 is 2.12 bits per heavy atom.